The number of hydrogen-bond donors (Lipinski definition) is 1. The van der Waals surface area contributed by atoms with Crippen molar-refractivity contribution < 1.29 is 9.59 Å². The Bertz CT molecular complexity index is 813. The summed E-state index contributed by atoms with van der Waals surface area (Å²) in [5.74, 6) is 0.152. The zero-order chi connectivity index (χ0) is 19.6. The molecule has 0 saturated carbocycles. The Labute approximate surface area is 164 Å². The maximum atomic E-state index is 12.6. The highest BCUT2D eigenvalue weighted by atomic mass is 32.1. The van der Waals surface area contributed by atoms with Gasteiger partial charge < -0.3 is 10.2 Å². The summed E-state index contributed by atoms with van der Waals surface area (Å²) in [5.41, 5.74) is 2.44. The Morgan fingerprint density at radius 1 is 1.15 bits per heavy atom. The third-order valence-electron chi connectivity index (χ3n) is 4.86. The maximum Gasteiger partial charge on any atom is 0.227 e. The molecule has 3 rings (SSSR count). The van der Waals surface area contributed by atoms with Crippen molar-refractivity contribution in [1.29, 1.82) is 0 Å². The molecule has 1 aromatic carbocycles. The van der Waals surface area contributed by atoms with Crippen LogP contribution in [0.1, 0.15) is 38.6 Å². The van der Waals surface area contributed by atoms with E-state index in [-0.39, 0.29) is 23.1 Å². The molecule has 5 nitrogen and oxygen atoms in total. The molecule has 144 valence electrons. The fourth-order valence-electron chi connectivity index (χ4n) is 3.28. The van der Waals surface area contributed by atoms with Crippen LogP contribution >= 0.6 is 11.3 Å². The van der Waals surface area contributed by atoms with E-state index in [1.807, 2.05) is 62.2 Å². The Balaban J connectivity index is 1.55. The lowest BCUT2D eigenvalue weighted by Crippen LogP contribution is -2.45. The van der Waals surface area contributed by atoms with Gasteiger partial charge in [0.2, 0.25) is 11.8 Å². The van der Waals surface area contributed by atoms with Gasteiger partial charge in [-0.2, -0.15) is 0 Å². The molecule has 1 saturated heterocycles. The van der Waals surface area contributed by atoms with E-state index in [1.165, 1.54) is 0 Å². The zero-order valence-corrected chi connectivity index (χ0v) is 17.2. The number of carbonyl (C=O) groups is 2. The average molecular weight is 386 g/mol. The van der Waals surface area contributed by atoms with Crippen molar-refractivity contribution in [2.45, 2.75) is 40.5 Å². The number of anilines is 1. The molecule has 2 amide bonds. The van der Waals surface area contributed by atoms with Crippen LogP contribution in [0, 0.1) is 18.3 Å². The highest BCUT2D eigenvalue weighted by molar-refractivity contribution is 7.09. The standard InChI is InChI=1S/C21H27N3O2S/c1-14-22-18(13-27-14)15-5-7-17(8-6-15)23-19(25)16-9-11-24(12-10-16)20(26)21(2,3)4/h5-8,13,16H,9-12H2,1-4H3,(H,23,25). The largest absolute Gasteiger partial charge is 0.342 e. The van der Waals surface area contributed by atoms with Crippen molar-refractivity contribution >= 4 is 28.8 Å². The molecule has 1 aliphatic rings. The normalized spacial score (nSPS) is 15.6. The highest BCUT2D eigenvalue weighted by Crippen LogP contribution is 2.26. The number of nitrogens with zero attached hydrogens (tertiary/aromatic N) is 2. The second kappa shape index (κ2) is 7.80. The topological polar surface area (TPSA) is 62.3 Å². The number of aryl methyl sites for hydroxylation is 1. The Hall–Kier alpha value is -2.21. The quantitative estimate of drug-likeness (QED) is 0.855. The van der Waals surface area contributed by atoms with Crippen LogP contribution in [0.15, 0.2) is 29.6 Å². The van der Waals surface area contributed by atoms with E-state index in [2.05, 4.69) is 10.3 Å². The third kappa shape index (κ3) is 4.75. The van der Waals surface area contributed by atoms with Gasteiger partial charge in [0.05, 0.1) is 10.7 Å². The summed E-state index contributed by atoms with van der Waals surface area (Å²) < 4.78 is 0. The van der Waals surface area contributed by atoms with Gasteiger partial charge in [-0.25, -0.2) is 4.98 Å². The Morgan fingerprint density at radius 3 is 2.30 bits per heavy atom. The second-order valence-corrected chi connectivity index (χ2v) is 9.20. The van der Waals surface area contributed by atoms with Crippen LogP contribution in [0.25, 0.3) is 11.3 Å². The first-order valence-corrected chi connectivity index (χ1v) is 10.2. The first-order chi connectivity index (χ1) is 12.7. The molecule has 6 heteroatoms. The number of aromatic nitrogens is 1. The van der Waals surface area contributed by atoms with Crippen LogP contribution in [0.5, 0.6) is 0 Å². The van der Waals surface area contributed by atoms with Gasteiger partial charge in [-0.05, 0) is 31.9 Å². The molecule has 0 bridgehead atoms. The zero-order valence-electron chi connectivity index (χ0n) is 16.4. The second-order valence-electron chi connectivity index (χ2n) is 8.13. The minimum atomic E-state index is -0.368. The van der Waals surface area contributed by atoms with Crippen LogP contribution in [-0.4, -0.2) is 34.8 Å². The first-order valence-electron chi connectivity index (χ1n) is 9.37. The number of likely N-dealkylation sites (tertiary alicyclic amines) is 1. The Kier molecular flexibility index (Phi) is 5.65. The van der Waals surface area contributed by atoms with Crippen LogP contribution < -0.4 is 5.32 Å². The highest BCUT2D eigenvalue weighted by Gasteiger charge is 2.32. The van der Waals surface area contributed by atoms with Gasteiger partial charge in [0.15, 0.2) is 0 Å². The van der Waals surface area contributed by atoms with Crippen molar-refractivity contribution in [1.82, 2.24) is 9.88 Å². The SMILES string of the molecule is Cc1nc(-c2ccc(NC(=O)C3CCN(C(=O)C(C)(C)C)CC3)cc2)cs1. The summed E-state index contributed by atoms with van der Waals surface area (Å²) in [4.78, 5) is 31.3. The molecule has 27 heavy (non-hydrogen) atoms. The minimum absolute atomic E-state index is 0.0371. The van der Waals surface area contributed by atoms with Crippen molar-refractivity contribution in [2.24, 2.45) is 11.3 Å². The fourth-order valence-corrected chi connectivity index (χ4v) is 3.91. The predicted octanol–water partition coefficient (Wildman–Crippen LogP) is 4.34. The number of piperidine rings is 1. The lowest BCUT2D eigenvalue weighted by molar-refractivity contribution is -0.142. The van der Waals surface area contributed by atoms with Crippen LogP contribution in [-0.2, 0) is 9.59 Å². The van der Waals surface area contributed by atoms with Crippen molar-refractivity contribution in [3.63, 3.8) is 0 Å². The third-order valence-corrected chi connectivity index (χ3v) is 5.64. The van der Waals surface area contributed by atoms with Crippen LogP contribution in [0.4, 0.5) is 5.69 Å². The molecule has 0 spiro atoms. The maximum absolute atomic E-state index is 12.6. The van der Waals surface area contributed by atoms with Crippen molar-refractivity contribution in [3.05, 3.63) is 34.7 Å². The fraction of sp³-hybridized carbons (Fsp3) is 0.476. The van der Waals surface area contributed by atoms with Gasteiger partial charge in [0.1, 0.15) is 0 Å². The summed E-state index contributed by atoms with van der Waals surface area (Å²) in [6.45, 7) is 9.09. The van der Waals surface area contributed by atoms with E-state index in [9.17, 15) is 9.59 Å². The number of carbonyl (C=O) groups excluding carboxylic acids is 2. The molecule has 0 aliphatic carbocycles. The summed E-state index contributed by atoms with van der Waals surface area (Å²) >= 11 is 1.63. The van der Waals surface area contributed by atoms with E-state index >= 15 is 0 Å². The van der Waals surface area contributed by atoms with Gasteiger partial charge in [0.25, 0.3) is 0 Å². The molecular weight excluding hydrogens is 358 g/mol. The van der Waals surface area contributed by atoms with E-state index in [0.29, 0.717) is 25.9 Å². The lowest BCUT2D eigenvalue weighted by Gasteiger charge is -2.35. The number of benzene rings is 1. The van der Waals surface area contributed by atoms with E-state index in [1.54, 1.807) is 11.3 Å². The average Bonchev–Trinajstić information content (AvgIpc) is 3.07. The molecule has 1 aliphatic heterocycles. The molecule has 1 aromatic heterocycles. The summed E-state index contributed by atoms with van der Waals surface area (Å²) in [7, 11) is 0. The summed E-state index contributed by atoms with van der Waals surface area (Å²) in [6.07, 6.45) is 1.42. The molecule has 0 atom stereocenters. The van der Waals surface area contributed by atoms with Gasteiger partial charge in [-0.1, -0.05) is 32.9 Å². The summed E-state index contributed by atoms with van der Waals surface area (Å²) in [5, 5.41) is 6.09. The molecule has 0 radical (unpaired) electrons. The molecule has 0 unspecified atom stereocenters. The van der Waals surface area contributed by atoms with E-state index in [4.69, 9.17) is 0 Å². The van der Waals surface area contributed by atoms with Gasteiger partial charge in [0, 0.05) is 41.1 Å². The smallest absolute Gasteiger partial charge is 0.227 e. The van der Waals surface area contributed by atoms with Crippen molar-refractivity contribution in [3.8, 4) is 11.3 Å². The number of amides is 2. The monoisotopic (exact) mass is 385 g/mol. The number of nitrogens with one attached hydrogen (secondary N) is 1. The number of hydrogen-bond acceptors (Lipinski definition) is 4. The van der Waals surface area contributed by atoms with E-state index in [0.717, 1.165) is 22.0 Å². The lowest BCUT2D eigenvalue weighted by atomic mass is 9.90. The molecule has 2 aromatic rings. The van der Waals surface area contributed by atoms with Gasteiger partial charge >= 0.3 is 0 Å². The molecular formula is C21H27N3O2S. The minimum Gasteiger partial charge on any atom is -0.342 e. The van der Waals surface area contributed by atoms with Crippen LogP contribution in [0.2, 0.25) is 0 Å². The van der Waals surface area contributed by atoms with Gasteiger partial charge in [-0.15, -0.1) is 11.3 Å². The molecule has 1 N–H and O–H groups in total. The van der Waals surface area contributed by atoms with Crippen molar-refractivity contribution in [2.75, 3.05) is 18.4 Å². The van der Waals surface area contributed by atoms with Gasteiger partial charge in [-0.3, -0.25) is 9.59 Å². The predicted molar refractivity (Wildman–Crippen MR) is 110 cm³/mol. The van der Waals surface area contributed by atoms with E-state index < -0.39 is 0 Å². The molecule has 2 heterocycles. The van der Waals surface area contributed by atoms with Crippen LogP contribution in [0.3, 0.4) is 0 Å². The number of thiazole rings is 1. The Morgan fingerprint density at radius 2 is 1.78 bits per heavy atom. The first kappa shape index (κ1) is 19.5. The summed E-state index contributed by atoms with van der Waals surface area (Å²) in [6, 6.07) is 7.80. The number of rotatable bonds is 3. The molecule has 1 fully saturated rings.